The third kappa shape index (κ3) is 4.96. The van der Waals surface area contributed by atoms with E-state index in [1.807, 2.05) is 36.1 Å². The van der Waals surface area contributed by atoms with Crippen LogP contribution in [0.4, 0.5) is 0 Å². The first-order valence-electron chi connectivity index (χ1n) is 9.26. The number of amides is 1. The van der Waals surface area contributed by atoms with E-state index in [0.717, 1.165) is 43.8 Å². The summed E-state index contributed by atoms with van der Waals surface area (Å²) in [5.74, 6) is 0.228. The molecule has 25 heavy (non-hydrogen) atoms. The minimum Gasteiger partial charge on any atom is -0.390 e. The van der Waals surface area contributed by atoms with Gasteiger partial charge in [-0.05, 0) is 56.7 Å². The predicted molar refractivity (Wildman–Crippen MR) is 98.7 cm³/mol. The molecule has 0 aliphatic carbocycles. The van der Waals surface area contributed by atoms with Crippen molar-refractivity contribution in [3.63, 3.8) is 0 Å². The fourth-order valence-corrected chi connectivity index (χ4v) is 4.18. The first kappa shape index (κ1) is 18.7. The van der Waals surface area contributed by atoms with Gasteiger partial charge in [-0.3, -0.25) is 4.79 Å². The third-order valence-corrected chi connectivity index (χ3v) is 5.80. The van der Waals surface area contributed by atoms with Gasteiger partial charge in [-0.2, -0.15) is 0 Å². The van der Waals surface area contributed by atoms with Gasteiger partial charge in [0, 0.05) is 31.0 Å². The van der Waals surface area contributed by atoms with Gasteiger partial charge in [-0.1, -0.05) is 23.7 Å². The molecule has 2 saturated heterocycles. The normalized spacial score (nSPS) is 26.0. The third-order valence-electron chi connectivity index (χ3n) is 5.55. The number of ether oxygens (including phenoxy) is 1. The molecule has 2 fully saturated rings. The monoisotopic (exact) mass is 365 g/mol. The van der Waals surface area contributed by atoms with E-state index in [1.54, 1.807) is 0 Å². The molecule has 1 spiro atoms. The van der Waals surface area contributed by atoms with Gasteiger partial charge in [0.2, 0.25) is 5.91 Å². The van der Waals surface area contributed by atoms with Crippen LogP contribution in [0.1, 0.15) is 51.0 Å². The van der Waals surface area contributed by atoms with E-state index in [4.69, 9.17) is 16.3 Å². The Balaban J connectivity index is 1.43. The molecular formula is C20H28ClNO3. The lowest BCUT2D eigenvalue weighted by molar-refractivity contribution is -0.175. The van der Waals surface area contributed by atoms with E-state index in [-0.39, 0.29) is 11.5 Å². The Morgan fingerprint density at radius 3 is 2.56 bits per heavy atom. The van der Waals surface area contributed by atoms with Crippen molar-refractivity contribution in [3.8, 4) is 0 Å². The van der Waals surface area contributed by atoms with Crippen molar-refractivity contribution >= 4 is 17.5 Å². The molecule has 1 aromatic rings. The molecule has 0 aromatic heterocycles. The number of halogens is 1. The molecule has 1 amide bonds. The summed E-state index contributed by atoms with van der Waals surface area (Å²) >= 11 is 5.89. The highest BCUT2D eigenvalue weighted by atomic mass is 35.5. The first-order valence-corrected chi connectivity index (χ1v) is 9.64. The van der Waals surface area contributed by atoms with E-state index in [1.165, 1.54) is 5.56 Å². The van der Waals surface area contributed by atoms with E-state index in [9.17, 15) is 9.90 Å². The highest BCUT2D eigenvalue weighted by molar-refractivity contribution is 6.30. The van der Waals surface area contributed by atoms with Gasteiger partial charge in [0.05, 0.1) is 17.8 Å². The van der Waals surface area contributed by atoms with Crippen LogP contribution in [0.2, 0.25) is 5.02 Å². The Kier molecular flexibility index (Phi) is 5.71. The molecule has 1 unspecified atom stereocenters. The summed E-state index contributed by atoms with van der Waals surface area (Å²) in [5.41, 5.74) is 0.345. The van der Waals surface area contributed by atoms with Crippen molar-refractivity contribution < 1.29 is 14.6 Å². The Bertz CT molecular complexity index is 591. The second-order valence-electron chi connectivity index (χ2n) is 7.82. The molecular weight excluding hydrogens is 338 g/mol. The molecule has 5 heteroatoms. The number of benzene rings is 1. The fraction of sp³-hybridized carbons (Fsp3) is 0.650. The molecule has 138 valence electrons. The number of likely N-dealkylation sites (tertiary alicyclic amines) is 1. The predicted octanol–water partition coefficient (Wildman–Crippen LogP) is 3.59. The van der Waals surface area contributed by atoms with E-state index < -0.39 is 5.60 Å². The maximum absolute atomic E-state index is 12.5. The van der Waals surface area contributed by atoms with Crippen molar-refractivity contribution in [1.29, 1.82) is 0 Å². The SMILES string of the molecule is CC1(O)CCOC2(CCN(C(=O)CCCc3ccc(Cl)cc3)CC2)C1. The lowest BCUT2D eigenvalue weighted by Crippen LogP contribution is -2.54. The number of rotatable bonds is 4. The second-order valence-corrected chi connectivity index (χ2v) is 8.25. The van der Waals surface area contributed by atoms with Gasteiger partial charge >= 0.3 is 0 Å². The molecule has 2 heterocycles. The van der Waals surface area contributed by atoms with Crippen LogP contribution >= 0.6 is 11.6 Å². The van der Waals surface area contributed by atoms with Gasteiger partial charge < -0.3 is 14.7 Å². The number of piperidine rings is 1. The van der Waals surface area contributed by atoms with Crippen molar-refractivity contribution in [2.45, 2.75) is 63.1 Å². The summed E-state index contributed by atoms with van der Waals surface area (Å²) < 4.78 is 6.01. The molecule has 4 nitrogen and oxygen atoms in total. The van der Waals surface area contributed by atoms with Crippen molar-refractivity contribution in [3.05, 3.63) is 34.9 Å². The Morgan fingerprint density at radius 2 is 1.92 bits per heavy atom. The zero-order chi connectivity index (χ0) is 17.9. The Labute approximate surface area is 155 Å². The van der Waals surface area contributed by atoms with Crippen LogP contribution in [-0.4, -0.2) is 46.8 Å². The maximum atomic E-state index is 12.5. The molecule has 3 rings (SSSR count). The molecule has 0 bridgehead atoms. The molecule has 1 aromatic carbocycles. The quantitative estimate of drug-likeness (QED) is 0.887. The smallest absolute Gasteiger partial charge is 0.222 e. The molecule has 0 saturated carbocycles. The highest BCUT2D eigenvalue weighted by Gasteiger charge is 2.44. The number of nitrogens with zero attached hydrogens (tertiary/aromatic N) is 1. The van der Waals surface area contributed by atoms with Crippen LogP contribution in [0, 0.1) is 0 Å². The Hall–Kier alpha value is -1.10. The van der Waals surface area contributed by atoms with Crippen molar-refractivity contribution in [2.24, 2.45) is 0 Å². The van der Waals surface area contributed by atoms with Crippen LogP contribution in [0.25, 0.3) is 0 Å². The molecule has 1 N–H and O–H groups in total. The number of hydrogen-bond donors (Lipinski definition) is 1. The number of hydrogen-bond acceptors (Lipinski definition) is 3. The topological polar surface area (TPSA) is 49.8 Å². The zero-order valence-electron chi connectivity index (χ0n) is 15.0. The molecule has 2 aliphatic heterocycles. The summed E-state index contributed by atoms with van der Waals surface area (Å²) in [6, 6.07) is 7.82. The van der Waals surface area contributed by atoms with Gasteiger partial charge in [0.15, 0.2) is 0 Å². The van der Waals surface area contributed by atoms with Crippen molar-refractivity contribution in [2.75, 3.05) is 19.7 Å². The summed E-state index contributed by atoms with van der Waals surface area (Å²) in [6.45, 7) is 3.97. The van der Waals surface area contributed by atoms with Gasteiger partial charge in [-0.25, -0.2) is 0 Å². The van der Waals surface area contributed by atoms with E-state index >= 15 is 0 Å². The van der Waals surface area contributed by atoms with Crippen LogP contribution in [0.15, 0.2) is 24.3 Å². The zero-order valence-corrected chi connectivity index (χ0v) is 15.7. The van der Waals surface area contributed by atoms with Crippen LogP contribution in [-0.2, 0) is 16.0 Å². The van der Waals surface area contributed by atoms with Gasteiger partial charge in [-0.15, -0.1) is 0 Å². The first-order chi connectivity index (χ1) is 11.9. The minimum absolute atomic E-state index is 0.228. The lowest BCUT2D eigenvalue weighted by atomic mass is 9.78. The Morgan fingerprint density at radius 1 is 1.24 bits per heavy atom. The van der Waals surface area contributed by atoms with Crippen LogP contribution in [0.5, 0.6) is 0 Å². The average Bonchev–Trinajstić information content (AvgIpc) is 2.56. The highest BCUT2D eigenvalue weighted by Crippen LogP contribution is 2.39. The summed E-state index contributed by atoms with van der Waals surface area (Å²) in [4.78, 5) is 14.4. The van der Waals surface area contributed by atoms with Crippen molar-refractivity contribution in [1.82, 2.24) is 4.90 Å². The second kappa shape index (κ2) is 7.65. The summed E-state index contributed by atoms with van der Waals surface area (Å²) in [5, 5.41) is 11.1. The van der Waals surface area contributed by atoms with Crippen LogP contribution in [0.3, 0.4) is 0 Å². The largest absolute Gasteiger partial charge is 0.390 e. The average molecular weight is 366 g/mol. The number of carbonyl (C=O) groups is 1. The van der Waals surface area contributed by atoms with E-state index in [2.05, 4.69) is 0 Å². The summed E-state index contributed by atoms with van der Waals surface area (Å²) in [6.07, 6.45) is 5.35. The molecule has 2 aliphatic rings. The number of aliphatic hydroxyl groups is 1. The van der Waals surface area contributed by atoms with Gasteiger partial charge in [0.1, 0.15) is 0 Å². The van der Waals surface area contributed by atoms with E-state index in [0.29, 0.717) is 25.9 Å². The van der Waals surface area contributed by atoms with Gasteiger partial charge in [0.25, 0.3) is 0 Å². The number of carbonyl (C=O) groups excluding carboxylic acids is 1. The van der Waals surface area contributed by atoms with Crippen LogP contribution < -0.4 is 0 Å². The molecule has 0 radical (unpaired) electrons. The number of aryl methyl sites for hydroxylation is 1. The standard InChI is InChI=1S/C20H28ClNO3/c1-19(24)11-14-25-20(15-19)9-12-22(13-10-20)18(23)4-2-3-16-5-7-17(21)8-6-16/h5-8,24H,2-4,9-15H2,1H3. The summed E-state index contributed by atoms with van der Waals surface area (Å²) in [7, 11) is 0. The lowest BCUT2D eigenvalue weighted by Gasteiger charge is -2.48. The fourth-order valence-electron chi connectivity index (χ4n) is 4.06. The molecule has 1 atom stereocenters. The maximum Gasteiger partial charge on any atom is 0.222 e. The minimum atomic E-state index is -0.636.